The standard InChI is InChI=1S/C31H28F4N4O.CH5NS.CH2O2/c1-17-24(21-6-4-20(5-7-21)22-8-11-29-28(14-22)37-18(2)39(29)3)12-19(16-36)13-25(17)30(40)38-27-10-9-23(15-26(27)32)31(33,34)35;1-2-3;2-1-3/h4-11,14-15,17,19,24-25H,12-13H2,1-3H3,(H,38,40);2-3H,1H3;1H,(H,2,3)/t17-,19?,24?,25?;;/m1../s1. The third kappa shape index (κ3) is 8.44. The number of amides is 1. The van der Waals surface area contributed by atoms with Gasteiger partial charge in [-0.1, -0.05) is 50.1 Å². The number of benzene rings is 3. The molecule has 0 bridgehead atoms. The number of thiol groups is 1. The number of imidazole rings is 1. The van der Waals surface area contributed by atoms with Gasteiger partial charge in [0.2, 0.25) is 5.91 Å². The van der Waals surface area contributed by atoms with Gasteiger partial charge < -0.3 is 15.0 Å². The minimum atomic E-state index is -4.69. The zero-order valence-corrected chi connectivity index (χ0v) is 26.5. The maximum atomic E-state index is 14.4. The largest absolute Gasteiger partial charge is 0.483 e. The number of nitrogens with zero attached hydrogens (tertiary/aromatic N) is 3. The smallest absolute Gasteiger partial charge is 0.416 e. The van der Waals surface area contributed by atoms with Crippen molar-refractivity contribution in [3.05, 3.63) is 83.4 Å². The third-order valence-electron chi connectivity index (χ3n) is 8.20. The average molecular weight is 658 g/mol. The molecule has 1 aliphatic carbocycles. The van der Waals surface area contributed by atoms with E-state index in [0.717, 1.165) is 45.7 Å². The fourth-order valence-corrected chi connectivity index (χ4v) is 5.75. The summed E-state index contributed by atoms with van der Waals surface area (Å²) < 4.78 is 57.6. The van der Waals surface area contributed by atoms with Gasteiger partial charge in [-0.2, -0.15) is 18.4 Å². The summed E-state index contributed by atoms with van der Waals surface area (Å²) in [6.07, 6.45) is -3.81. The summed E-state index contributed by atoms with van der Waals surface area (Å²) in [5.74, 6) is -2.01. The number of carboxylic acid groups (broad SMARTS) is 1. The predicted octanol–water partition coefficient (Wildman–Crippen LogP) is 7.37. The van der Waals surface area contributed by atoms with Gasteiger partial charge in [0.25, 0.3) is 6.47 Å². The van der Waals surface area contributed by atoms with Crippen LogP contribution in [0.4, 0.5) is 23.2 Å². The molecular formula is C33H35F4N5O3S. The molecular weight excluding hydrogens is 622 g/mol. The van der Waals surface area contributed by atoms with E-state index in [9.17, 15) is 27.6 Å². The molecule has 1 saturated carbocycles. The van der Waals surface area contributed by atoms with Crippen LogP contribution in [0.3, 0.4) is 0 Å². The van der Waals surface area contributed by atoms with E-state index in [4.69, 9.17) is 9.90 Å². The number of nitriles is 1. The van der Waals surface area contributed by atoms with E-state index in [0.29, 0.717) is 18.9 Å². The number of halogens is 4. The number of carbonyl (C=O) groups is 2. The van der Waals surface area contributed by atoms with Crippen LogP contribution in [0.2, 0.25) is 0 Å². The van der Waals surface area contributed by atoms with E-state index in [1.807, 2.05) is 67.9 Å². The summed E-state index contributed by atoms with van der Waals surface area (Å²) in [4.78, 5) is 26.2. The number of rotatable bonds is 4. The van der Waals surface area contributed by atoms with Gasteiger partial charge in [-0.15, -0.1) is 0 Å². The van der Waals surface area contributed by atoms with Crippen LogP contribution in [0.15, 0.2) is 60.7 Å². The molecule has 1 fully saturated rings. The Morgan fingerprint density at radius 3 is 2.28 bits per heavy atom. The quantitative estimate of drug-likeness (QED) is 0.103. The average Bonchev–Trinajstić information content (AvgIpc) is 3.30. The highest BCUT2D eigenvalue weighted by Crippen LogP contribution is 2.44. The molecule has 46 heavy (non-hydrogen) atoms. The van der Waals surface area contributed by atoms with Crippen molar-refractivity contribution in [2.45, 2.75) is 38.8 Å². The topological polar surface area (TPSA) is 120 Å². The van der Waals surface area contributed by atoms with E-state index >= 15 is 0 Å². The maximum Gasteiger partial charge on any atom is 0.416 e. The summed E-state index contributed by atoms with van der Waals surface area (Å²) in [7, 11) is 3.72. The molecule has 8 nitrogen and oxygen atoms in total. The van der Waals surface area contributed by atoms with Gasteiger partial charge in [-0.25, -0.2) is 9.37 Å². The summed E-state index contributed by atoms with van der Waals surface area (Å²) in [5.41, 5.74) is 3.56. The fraction of sp³-hybridized carbons (Fsp3) is 0.333. The molecule has 3 N–H and O–H groups in total. The predicted molar refractivity (Wildman–Crippen MR) is 171 cm³/mol. The molecule has 0 radical (unpaired) electrons. The second-order valence-electron chi connectivity index (χ2n) is 10.9. The van der Waals surface area contributed by atoms with Crippen LogP contribution in [-0.4, -0.2) is 34.1 Å². The Morgan fingerprint density at radius 2 is 1.72 bits per heavy atom. The van der Waals surface area contributed by atoms with Crippen LogP contribution in [0.5, 0.6) is 0 Å². The van der Waals surface area contributed by atoms with Crippen molar-refractivity contribution in [2.75, 3.05) is 12.4 Å². The lowest BCUT2D eigenvalue weighted by atomic mass is 9.66. The van der Waals surface area contributed by atoms with E-state index < -0.39 is 29.4 Å². The summed E-state index contributed by atoms with van der Waals surface area (Å²) in [6, 6.07) is 18.5. The van der Waals surface area contributed by atoms with Gasteiger partial charge in [-0.3, -0.25) is 14.3 Å². The van der Waals surface area contributed by atoms with Crippen LogP contribution in [-0.2, 0) is 22.8 Å². The number of carbonyl (C=O) groups excluding carboxylic acids is 1. The normalized spacial score (nSPS) is 19.1. The van der Waals surface area contributed by atoms with Gasteiger partial charge in [0.15, 0.2) is 0 Å². The molecule has 1 aromatic heterocycles. The van der Waals surface area contributed by atoms with Crippen molar-refractivity contribution in [3.8, 4) is 17.2 Å². The lowest BCUT2D eigenvalue weighted by Crippen LogP contribution is -2.37. The first-order valence-corrected chi connectivity index (χ1v) is 14.7. The molecule has 0 saturated heterocycles. The number of nitrogens with one attached hydrogen (secondary N) is 2. The second-order valence-corrected chi connectivity index (χ2v) is 11.4. The molecule has 0 aliphatic heterocycles. The first-order valence-electron chi connectivity index (χ1n) is 14.3. The van der Waals surface area contributed by atoms with Crippen molar-refractivity contribution < 1.29 is 32.3 Å². The Hall–Kier alpha value is -4.41. The van der Waals surface area contributed by atoms with E-state index in [-0.39, 0.29) is 29.9 Å². The highest BCUT2D eigenvalue weighted by molar-refractivity contribution is 7.78. The summed E-state index contributed by atoms with van der Waals surface area (Å²) in [5, 5.41) is 19.1. The lowest BCUT2D eigenvalue weighted by Gasteiger charge is -2.38. The van der Waals surface area contributed by atoms with E-state index in [1.165, 1.54) is 0 Å². The molecule has 4 aromatic rings. The number of aromatic nitrogens is 2. The third-order valence-corrected chi connectivity index (χ3v) is 8.20. The summed E-state index contributed by atoms with van der Waals surface area (Å²) >= 11 is 3.54. The van der Waals surface area contributed by atoms with Crippen molar-refractivity contribution in [1.29, 1.82) is 5.26 Å². The van der Waals surface area contributed by atoms with Gasteiger partial charge in [0.05, 0.1) is 28.4 Å². The Morgan fingerprint density at radius 1 is 1.11 bits per heavy atom. The highest BCUT2D eigenvalue weighted by atomic mass is 32.1. The number of alkyl halides is 3. The number of fused-ring (bicyclic) bond motifs is 1. The molecule has 5 rings (SSSR count). The fourth-order valence-electron chi connectivity index (χ4n) is 5.75. The molecule has 3 unspecified atom stereocenters. The minimum absolute atomic E-state index is 0.0958. The summed E-state index contributed by atoms with van der Waals surface area (Å²) in [6.45, 7) is 3.64. The van der Waals surface area contributed by atoms with Gasteiger partial charge >= 0.3 is 6.18 Å². The number of anilines is 1. The number of aryl methyl sites for hydroxylation is 2. The zero-order chi connectivity index (χ0) is 34.2. The Labute approximate surface area is 270 Å². The number of hydrogen-bond acceptors (Lipinski definition) is 6. The minimum Gasteiger partial charge on any atom is -0.483 e. The molecule has 244 valence electrons. The molecule has 3 aromatic carbocycles. The second kappa shape index (κ2) is 15.7. The van der Waals surface area contributed by atoms with Gasteiger partial charge in [0, 0.05) is 18.9 Å². The zero-order valence-electron chi connectivity index (χ0n) is 25.6. The Kier molecular flexibility index (Phi) is 12.3. The monoisotopic (exact) mass is 657 g/mol. The lowest BCUT2D eigenvalue weighted by molar-refractivity contribution is -0.137. The highest BCUT2D eigenvalue weighted by Gasteiger charge is 2.40. The van der Waals surface area contributed by atoms with Crippen molar-refractivity contribution in [1.82, 2.24) is 14.3 Å². The molecule has 1 heterocycles. The Balaban J connectivity index is 0.000000891. The van der Waals surface area contributed by atoms with Gasteiger partial charge in [0.1, 0.15) is 11.6 Å². The number of hydrogen-bond donors (Lipinski definition) is 4. The maximum absolute atomic E-state index is 14.4. The Bertz CT molecular complexity index is 1700. The first kappa shape index (κ1) is 36.1. The van der Waals surface area contributed by atoms with Gasteiger partial charge in [-0.05, 0) is 85.7 Å². The van der Waals surface area contributed by atoms with Crippen molar-refractivity contribution >= 4 is 41.9 Å². The van der Waals surface area contributed by atoms with Crippen molar-refractivity contribution in [2.24, 2.45) is 24.8 Å². The van der Waals surface area contributed by atoms with Crippen molar-refractivity contribution in [3.63, 3.8) is 0 Å². The SMILES string of the molecule is CNS.Cc1nc2cc(-c3ccc(C4CC(C#N)CC(C(=O)Nc5ccc(C(F)(F)F)cc5F)[C@@H]4C)cc3)ccc2n1C.O=CO. The van der Waals surface area contributed by atoms with Crippen LogP contribution in [0, 0.1) is 41.8 Å². The van der Waals surface area contributed by atoms with Crippen LogP contribution >= 0.6 is 12.8 Å². The molecule has 0 spiro atoms. The van der Waals surface area contributed by atoms with Crippen LogP contribution in [0.1, 0.15) is 42.6 Å². The van der Waals surface area contributed by atoms with Crippen LogP contribution < -0.4 is 10.0 Å². The van der Waals surface area contributed by atoms with E-state index in [2.05, 4.69) is 33.9 Å². The molecule has 1 amide bonds. The molecule has 4 atom stereocenters. The first-order chi connectivity index (χ1) is 21.8. The van der Waals surface area contributed by atoms with Crippen LogP contribution in [0.25, 0.3) is 22.2 Å². The van der Waals surface area contributed by atoms with E-state index in [1.54, 1.807) is 7.05 Å². The molecule has 1 aliphatic rings. The molecule has 13 heteroatoms.